The van der Waals surface area contributed by atoms with Gasteiger partial charge in [0.05, 0.1) is 23.6 Å². The van der Waals surface area contributed by atoms with Crippen LogP contribution in [0.2, 0.25) is 0 Å². The number of thiazole rings is 1. The lowest BCUT2D eigenvalue weighted by Gasteiger charge is -2.31. The van der Waals surface area contributed by atoms with E-state index in [-0.39, 0.29) is 23.2 Å². The van der Waals surface area contributed by atoms with Crippen molar-refractivity contribution in [3.05, 3.63) is 59.7 Å². The highest BCUT2D eigenvalue weighted by Gasteiger charge is 2.33. The molecule has 1 saturated heterocycles. The first-order valence-corrected chi connectivity index (χ1v) is 12.4. The normalized spacial score (nSPS) is 17.1. The number of methoxy groups -OCH3 is 1. The molecule has 0 spiro atoms. The molecule has 1 aliphatic heterocycles. The summed E-state index contributed by atoms with van der Waals surface area (Å²) in [6, 6.07) is 12.2. The van der Waals surface area contributed by atoms with E-state index in [4.69, 9.17) is 4.74 Å². The highest BCUT2D eigenvalue weighted by molar-refractivity contribution is 7.89. The number of aromatic nitrogens is 1. The number of benzene rings is 2. The number of nitrogens with one attached hydrogen (secondary N) is 1. The number of ether oxygens (including phenoxy) is 1. The van der Waals surface area contributed by atoms with Crippen molar-refractivity contribution in [1.82, 2.24) is 9.29 Å². The van der Waals surface area contributed by atoms with Gasteiger partial charge in [0, 0.05) is 24.0 Å². The van der Waals surface area contributed by atoms with Crippen molar-refractivity contribution >= 4 is 32.4 Å². The molecule has 1 amide bonds. The lowest BCUT2D eigenvalue weighted by molar-refractivity contribution is -0.120. The van der Waals surface area contributed by atoms with Crippen molar-refractivity contribution in [2.75, 3.05) is 25.5 Å². The minimum atomic E-state index is -3.71. The Morgan fingerprint density at radius 1 is 1.19 bits per heavy atom. The zero-order valence-corrected chi connectivity index (χ0v) is 19.0. The maximum Gasteiger partial charge on any atom is 0.243 e. The summed E-state index contributed by atoms with van der Waals surface area (Å²) in [6.45, 7) is 0.473. The van der Waals surface area contributed by atoms with Gasteiger partial charge in [-0.15, -0.1) is 11.3 Å². The fraction of sp³-hybridized carbons (Fsp3) is 0.273. The summed E-state index contributed by atoms with van der Waals surface area (Å²) >= 11 is 1.27. The minimum absolute atomic E-state index is 0.108. The summed E-state index contributed by atoms with van der Waals surface area (Å²) in [5.41, 5.74) is 1.38. The van der Waals surface area contributed by atoms with Crippen LogP contribution < -0.4 is 10.1 Å². The van der Waals surface area contributed by atoms with Gasteiger partial charge in [-0.2, -0.15) is 4.31 Å². The largest absolute Gasteiger partial charge is 0.497 e. The second kappa shape index (κ2) is 9.35. The molecular weight excluding hydrogens is 453 g/mol. The van der Waals surface area contributed by atoms with Gasteiger partial charge in [-0.25, -0.2) is 17.8 Å². The number of halogens is 1. The molecule has 4 rings (SSSR count). The van der Waals surface area contributed by atoms with Crippen LogP contribution in [0.25, 0.3) is 11.3 Å². The molecule has 3 aromatic rings. The molecule has 0 bridgehead atoms. The molecule has 1 fully saturated rings. The number of anilines is 1. The van der Waals surface area contributed by atoms with E-state index in [9.17, 15) is 17.6 Å². The molecule has 7 nitrogen and oxygen atoms in total. The van der Waals surface area contributed by atoms with Crippen LogP contribution >= 0.6 is 11.3 Å². The Labute approximate surface area is 189 Å². The Hall–Kier alpha value is -2.82. The van der Waals surface area contributed by atoms with Crippen molar-refractivity contribution in [2.24, 2.45) is 5.92 Å². The van der Waals surface area contributed by atoms with Crippen LogP contribution in [0.4, 0.5) is 9.52 Å². The van der Waals surface area contributed by atoms with E-state index >= 15 is 0 Å². The third kappa shape index (κ3) is 4.82. The predicted octanol–water partition coefficient (Wildman–Crippen LogP) is 4.00. The quantitative estimate of drug-likeness (QED) is 0.582. The van der Waals surface area contributed by atoms with Gasteiger partial charge in [0.2, 0.25) is 15.9 Å². The molecule has 1 N–H and O–H groups in total. The highest BCUT2D eigenvalue weighted by atomic mass is 32.2. The van der Waals surface area contributed by atoms with Crippen molar-refractivity contribution in [1.29, 1.82) is 0 Å². The van der Waals surface area contributed by atoms with Gasteiger partial charge in [0.15, 0.2) is 5.13 Å². The lowest BCUT2D eigenvalue weighted by Crippen LogP contribution is -2.43. The van der Waals surface area contributed by atoms with Crippen LogP contribution in [0.5, 0.6) is 5.75 Å². The number of rotatable bonds is 6. The van der Waals surface area contributed by atoms with E-state index in [0.717, 1.165) is 5.56 Å². The lowest BCUT2D eigenvalue weighted by atomic mass is 9.99. The predicted molar refractivity (Wildman–Crippen MR) is 121 cm³/mol. The number of piperidine rings is 1. The fourth-order valence-corrected chi connectivity index (χ4v) is 5.81. The van der Waals surface area contributed by atoms with Gasteiger partial charge in [0.1, 0.15) is 11.6 Å². The molecular formula is C22H22FN3O4S2. The van der Waals surface area contributed by atoms with E-state index in [1.165, 1.54) is 47.0 Å². The Balaban J connectivity index is 1.43. The topological polar surface area (TPSA) is 88.6 Å². The second-order valence-corrected chi connectivity index (χ2v) is 10.2. The summed E-state index contributed by atoms with van der Waals surface area (Å²) < 4.78 is 45.6. The van der Waals surface area contributed by atoms with Gasteiger partial charge in [-0.1, -0.05) is 0 Å². The molecule has 1 atom stereocenters. The Morgan fingerprint density at radius 3 is 2.59 bits per heavy atom. The molecule has 1 unspecified atom stereocenters. The molecule has 2 aromatic carbocycles. The smallest absolute Gasteiger partial charge is 0.243 e. The maximum absolute atomic E-state index is 13.1. The van der Waals surface area contributed by atoms with Gasteiger partial charge in [-0.3, -0.25) is 4.79 Å². The van der Waals surface area contributed by atoms with Crippen LogP contribution in [0.15, 0.2) is 58.8 Å². The molecule has 1 aromatic heterocycles. The van der Waals surface area contributed by atoms with Gasteiger partial charge >= 0.3 is 0 Å². The molecule has 1 aliphatic rings. The van der Waals surface area contributed by atoms with Crippen LogP contribution in [-0.4, -0.2) is 43.8 Å². The number of sulfonamides is 1. The van der Waals surface area contributed by atoms with Crippen molar-refractivity contribution < 1.29 is 22.3 Å². The molecule has 10 heteroatoms. The third-order valence-electron chi connectivity index (χ3n) is 5.33. The number of carbonyl (C=O) groups is 1. The van der Waals surface area contributed by atoms with Crippen LogP contribution in [0.1, 0.15) is 12.8 Å². The van der Waals surface area contributed by atoms with E-state index in [1.807, 2.05) is 0 Å². The van der Waals surface area contributed by atoms with Gasteiger partial charge in [0.25, 0.3) is 0 Å². The number of hydrogen-bond acceptors (Lipinski definition) is 6. The molecule has 32 heavy (non-hydrogen) atoms. The summed E-state index contributed by atoms with van der Waals surface area (Å²) in [7, 11) is -2.19. The monoisotopic (exact) mass is 475 g/mol. The number of carbonyl (C=O) groups excluding carboxylic acids is 1. The molecule has 0 aliphatic carbocycles. The van der Waals surface area contributed by atoms with E-state index < -0.39 is 15.9 Å². The molecule has 0 saturated carbocycles. The maximum atomic E-state index is 13.1. The third-order valence-corrected chi connectivity index (χ3v) is 7.96. The average molecular weight is 476 g/mol. The van der Waals surface area contributed by atoms with Crippen LogP contribution in [-0.2, 0) is 14.8 Å². The SMILES string of the molecule is COc1ccc(S(=O)(=O)N2CCCC(C(=O)Nc3nc(-c4ccc(F)cc4)cs3)C2)cc1. The Kier molecular flexibility index (Phi) is 6.54. The summed E-state index contributed by atoms with van der Waals surface area (Å²) in [5, 5.41) is 5.00. The van der Waals surface area contributed by atoms with E-state index in [0.29, 0.717) is 36.0 Å². The zero-order chi connectivity index (χ0) is 22.7. The number of hydrogen-bond donors (Lipinski definition) is 1. The Morgan fingerprint density at radius 2 is 1.91 bits per heavy atom. The van der Waals surface area contributed by atoms with Gasteiger partial charge in [-0.05, 0) is 61.4 Å². The molecule has 2 heterocycles. The van der Waals surface area contributed by atoms with Crippen molar-refractivity contribution in [3.63, 3.8) is 0 Å². The first-order valence-electron chi connectivity index (χ1n) is 10.0. The van der Waals surface area contributed by atoms with Crippen molar-refractivity contribution in [2.45, 2.75) is 17.7 Å². The summed E-state index contributed by atoms with van der Waals surface area (Å²) in [4.78, 5) is 17.4. The van der Waals surface area contributed by atoms with Crippen LogP contribution in [0.3, 0.4) is 0 Å². The van der Waals surface area contributed by atoms with Crippen molar-refractivity contribution in [3.8, 4) is 17.0 Å². The minimum Gasteiger partial charge on any atom is -0.497 e. The molecule has 168 valence electrons. The second-order valence-electron chi connectivity index (χ2n) is 7.41. The standard InChI is InChI=1S/C22H22FN3O4S2/c1-30-18-8-10-19(11-9-18)32(28,29)26-12-2-3-16(13-26)21(27)25-22-24-20(14-31-22)15-4-6-17(23)7-5-15/h4-11,14,16H,2-3,12-13H2,1H3,(H,24,25,27). The Bertz CT molecular complexity index is 1190. The van der Waals surface area contributed by atoms with Crippen LogP contribution in [0, 0.1) is 11.7 Å². The van der Waals surface area contributed by atoms with E-state index in [2.05, 4.69) is 10.3 Å². The summed E-state index contributed by atoms with van der Waals surface area (Å²) in [5.74, 6) is -0.498. The first kappa shape index (κ1) is 22.4. The zero-order valence-electron chi connectivity index (χ0n) is 17.3. The highest BCUT2D eigenvalue weighted by Crippen LogP contribution is 2.28. The average Bonchev–Trinajstić information content (AvgIpc) is 3.28. The van der Waals surface area contributed by atoms with E-state index in [1.54, 1.807) is 29.6 Å². The molecule has 0 radical (unpaired) electrons. The number of amides is 1. The fourth-order valence-electron chi connectivity index (χ4n) is 3.56. The summed E-state index contributed by atoms with van der Waals surface area (Å²) in [6.07, 6.45) is 1.18. The van der Waals surface area contributed by atoms with Gasteiger partial charge < -0.3 is 10.1 Å². The first-order chi connectivity index (χ1) is 15.4. The number of nitrogens with zero attached hydrogens (tertiary/aromatic N) is 2.